The molecule has 70 valence electrons. The molecule has 0 atom stereocenters. The van der Waals surface area contributed by atoms with Crippen LogP contribution in [0, 0.1) is 0 Å². The standard InChI is InChI=1S/C8H15NO3/c1-7(10)9(2)4-3-8-11-5-6-12-8/h8H,3-6H2,1-2H3. The van der Waals surface area contributed by atoms with Crippen LogP contribution >= 0.6 is 0 Å². The largest absolute Gasteiger partial charge is 0.350 e. The van der Waals surface area contributed by atoms with Gasteiger partial charge in [-0.3, -0.25) is 4.79 Å². The first-order valence-electron chi connectivity index (χ1n) is 4.15. The summed E-state index contributed by atoms with van der Waals surface area (Å²) in [6.07, 6.45) is 0.655. The van der Waals surface area contributed by atoms with Crippen molar-refractivity contribution < 1.29 is 14.3 Å². The molecular weight excluding hydrogens is 158 g/mol. The summed E-state index contributed by atoms with van der Waals surface area (Å²) in [6, 6.07) is 0. The summed E-state index contributed by atoms with van der Waals surface area (Å²) in [5.74, 6) is 0.0768. The van der Waals surface area contributed by atoms with Crippen LogP contribution in [0.4, 0.5) is 0 Å². The minimum absolute atomic E-state index is 0.0768. The lowest BCUT2D eigenvalue weighted by atomic mass is 10.4. The first kappa shape index (κ1) is 9.48. The summed E-state index contributed by atoms with van der Waals surface area (Å²) >= 11 is 0. The molecule has 1 rings (SSSR count). The van der Waals surface area contributed by atoms with Crippen LogP contribution in [0.2, 0.25) is 0 Å². The zero-order valence-corrected chi connectivity index (χ0v) is 7.58. The number of rotatable bonds is 3. The van der Waals surface area contributed by atoms with Crippen molar-refractivity contribution in [2.24, 2.45) is 0 Å². The molecule has 0 spiro atoms. The Hall–Kier alpha value is -0.610. The van der Waals surface area contributed by atoms with Gasteiger partial charge >= 0.3 is 0 Å². The lowest BCUT2D eigenvalue weighted by Gasteiger charge is -2.16. The average Bonchev–Trinajstić information content (AvgIpc) is 2.51. The molecule has 0 bridgehead atoms. The molecule has 1 aliphatic rings. The van der Waals surface area contributed by atoms with Gasteiger partial charge in [0.05, 0.1) is 13.2 Å². The Morgan fingerprint density at radius 1 is 1.50 bits per heavy atom. The number of nitrogens with zero attached hydrogens (tertiary/aromatic N) is 1. The Morgan fingerprint density at radius 2 is 2.08 bits per heavy atom. The van der Waals surface area contributed by atoms with Crippen LogP contribution < -0.4 is 0 Å². The second-order valence-electron chi connectivity index (χ2n) is 2.90. The maximum absolute atomic E-state index is 10.8. The molecule has 0 N–H and O–H groups in total. The van der Waals surface area contributed by atoms with E-state index in [1.54, 1.807) is 18.9 Å². The predicted octanol–water partition coefficient (Wildman–Crippen LogP) is 0.228. The van der Waals surface area contributed by atoms with Gasteiger partial charge in [0.15, 0.2) is 6.29 Å². The van der Waals surface area contributed by atoms with Crippen molar-refractivity contribution in [1.82, 2.24) is 4.90 Å². The topological polar surface area (TPSA) is 38.8 Å². The van der Waals surface area contributed by atoms with Crippen molar-refractivity contribution in [2.45, 2.75) is 19.6 Å². The van der Waals surface area contributed by atoms with E-state index in [2.05, 4.69) is 0 Å². The fraction of sp³-hybridized carbons (Fsp3) is 0.875. The zero-order valence-electron chi connectivity index (χ0n) is 7.58. The summed E-state index contributed by atoms with van der Waals surface area (Å²) < 4.78 is 10.4. The van der Waals surface area contributed by atoms with E-state index in [-0.39, 0.29) is 12.2 Å². The molecule has 12 heavy (non-hydrogen) atoms. The van der Waals surface area contributed by atoms with Crippen LogP contribution in [-0.4, -0.2) is 43.9 Å². The van der Waals surface area contributed by atoms with Gasteiger partial charge in [-0.15, -0.1) is 0 Å². The van der Waals surface area contributed by atoms with E-state index in [1.165, 1.54) is 0 Å². The smallest absolute Gasteiger partial charge is 0.219 e. The van der Waals surface area contributed by atoms with Crippen molar-refractivity contribution in [3.8, 4) is 0 Å². The molecule has 1 saturated heterocycles. The first-order chi connectivity index (χ1) is 5.70. The van der Waals surface area contributed by atoms with Gasteiger partial charge in [0.25, 0.3) is 0 Å². The molecule has 0 radical (unpaired) electrons. The first-order valence-corrected chi connectivity index (χ1v) is 4.15. The molecule has 0 unspecified atom stereocenters. The number of hydrogen-bond acceptors (Lipinski definition) is 3. The summed E-state index contributed by atoms with van der Waals surface area (Å²) in [7, 11) is 1.78. The van der Waals surface area contributed by atoms with E-state index in [1.807, 2.05) is 0 Å². The van der Waals surface area contributed by atoms with Crippen LogP contribution in [-0.2, 0) is 14.3 Å². The summed E-state index contributed by atoms with van der Waals surface area (Å²) in [5, 5.41) is 0. The predicted molar refractivity (Wildman–Crippen MR) is 43.6 cm³/mol. The van der Waals surface area contributed by atoms with Crippen LogP contribution in [0.3, 0.4) is 0 Å². The third kappa shape index (κ3) is 2.79. The monoisotopic (exact) mass is 173 g/mol. The van der Waals surface area contributed by atoms with Crippen molar-refractivity contribution >= 4 is 5.91 Å². The molecule has 1 aliphatic heterocycles. The van der Waals surface area contributed by atoms with Gasteiger partial charge in [-0.25, -0.2) is 0 Å². The van der Waals surface area contributed by atoms with Crippen LogP contribution in [0.15, 0.2) is 0 Å². The van der Waals surface area contributed by atoms with Crippen molar-refractivity contribution in [2.75, 3.05) is 26.8 Å². The number of hydrogen-bond donors (Lipinski definition) is 0. The number of carbonyl (C=O) groups is 1. The van der Waals surface area contributed by atoms with Crippen molar-refractivity contribution in [3.05, 3.63) is 0 Å². The fourth-order valence-corrected chi connectivity index (χ4v) is 1.03. The van der Waals surface area contributed by atoms with Crippen LogP contribution in [0.1, 0.15) is 13.3 Å². The molecule has 0 aliphatic carbocycles. The maximum Gasteiger partial charge on any atom is 0.219 e. The zero-order chi connectivity index (χ0) is 8.97. The highest BCUT2D eigenvalue weighted by Gasteiger charge is 2.16. The number of carbonyl (C=O) groups excluding carboxylic acids is 1. The van der Waals surface area contributed by atoms with E-state index in [4.69, 9.17) is 9.47 Å². The lowest BCUT2D eigenvalue weighted by Crippen LogP contribution is -2.27. The third-order valence-electron chi connectivity index (χ3n) is 1.93. The Balaban J connectivity index is 2.11. The van der Waals surface area contributed by atoms with Gasteiger partial charge < -0.3 is 14.4 Å². The van der Waals surface area contributed by atoms with E-state index in [0.29, 0.717) is 19.8 Å². The van der Waals surface area contributed by atoms with E-state index >= 15 is 0 Å². The number of ether oxygens (including phenoxy) is 2. The van der Waals surface area contributed by atoms with Crippen molar-refractivity contribution in [1.29, 1.82) is 0 Å². The van der Waals surface area contributed by atoms with E-state index < -0.39 is 0 Å². The Labute approximate surface area is 72.4 Å². The Kier molecular flexibility index (Phi) is 3.49. The fourth-order valence-electron chi connectivity index (χ4n) is 1.03. The van der Waals surface area contributed by atoms with Gasteiger partial charge in [0.2, 0.25) is 5.91 Å². The molecule has 1 heterocycles. The Bertz CT molecular complexity index is 154. The molecule has 0 aromatic heterocycles. The van der Waals surface area contributed by atoms with E-state index in [0.717, 1.165) is 6.42 Å². The quantitative estimate of drug-likeness (QED) is 0.613. The molecular formula is C8H15NO3. The van der Waals surface area contributed by atoms with Gasteiger partial charge in [-0.05, 0) is 0 Å². The normalized spacial score (nSPS) is 18.2. The van der Waals surface area contributed by atoms with Gasteiger partial charge in [0, 0.05) is 26.9 Å². The van der Waals surface area contributed by atoms with Gasteiger partial charge in [-0.2, -0.15) is 0 Å². The van der Waals surface area contributed by atoms with Crippen LogP contribution in [0.25, 0.3) is 0 Å². The molecule has 4 nitrogen and oxygen atoms in total. The molecule has 1 amide bonds. The SMILES string of the molecule is CC(=O)N(C)CCC1OCCO1. The summed E-state index contributed by atoms with van der Waals surface area (Å²) in [5.41, 5.74) is 0. The minimum atomic E-state index is -0.105. The Morgan fingerprint density at radius 3 is 2.58 bits per heavy atom. The van der Waals surface area contributed by atoms with E-state index in [9.17, 15) is 4.79 Å². The summed E-state index contributed by atoms with van der Waals surface area (Å²) in [4.78, 5) is 12.5. The molecule has 0 aromatic rings. The highest BCUT2D eigenvalue weighted by atomic mass is 16.7. The molecule has 4 heteroatoms. The second kappa shape index (κ2) is 4.42. The number of amides is 1. The lowest BCUT2D eigenvalue weighted by molar-refractivity contribution is -0.128. The van der Waals surface area contributed by atoms with Gasteiger partial charge in [-0.1, -0.05) is 0 Å². The highest BCUT2D eigenvalue weighted by Crippen LogP contribution is 2.07. The van der Waals surface area contributed by atoms with Crippen LogP contribution in [0.5, 0.6) is 0 Å². The summed E-state index contributed by atoms with van der Waals surface area (Å²) in [6.45, 7) is 3.60. The minimum Gasteiger partial charge on any atom is -0.350 e. The van der Waals surface area contributed by atoms with Gasteiger partial charge in [0.1, 0.15) is 0 Å². The molecule has 0 aromatic carbocycles. The third-order valence-corrected chi connectivity index (χ3v) is 1.93. The van der Waals surface area contributed by atoms with Crippen molar-refractivity contribution in [3.63, 3.8) is 0 Å². The molecule has 0 saturated carbocycles. The maximum atomic E-state index is 10.8. The second-order valence-corrected chi connectivity index (χ2v) is 2.90. The average molecular weight is 173 g/mol. The highest BCUT2D eigenvalue weighted by molar-refractivity contribution is 5.72. The molecule has 1 fully saturated rings.